The molecule has 4 aromatic carbocycles. The van der Waals surface area contributed by atoms with Gasteiger partial charge in [0.15, 0.2) is 21.4 Å². The highest BCUT2D eigenvalue weighted by Crippen LogP contribution is 2.33. The molecule has 0 amide bonds. The molecule has 19 heteroatoms. The van der Waals surface area contributed by atoms with E-state index in [-0.39, 0.29) is 38.7 Å². The van der Waals surface area contributed by atoms with E-state index >= 15 is 0 Å². The van der Waals surface area contributed by atoms with Crippen LogP contribution in [0.5, 0.6) is 5.75 Å². The summed E-state index contributed by atoms with van der Waals surface area (Å²) in [4.78, 5) is 34.8. The Morgan fingerprint density at radius 1 is 0.900 bits per heavy atom. The fourth-order valence-corrected chi connectivity index (χ4v) is 11.4. The summed E-state index contributed by atoms with van der Waals surface area (Å²) >= 11 is 2.41. The summed E-state index contributed by atoms with van der Waals surface area (Å²) in [5.74, 6) is -0.443. The third kappa shape index (κ3) is 8.12. The number of thiazole rings is 2. The lowest BCUT2D eigenvalue weighted by molar-refractivity contribution is 0.414. The first-order valence-corrected chi connectivity index (χ1v) is 23.4. The number of sulfonamides is 2. The van der Waals surface area contributed by atoms with Crippen LogP contribution in [0.25, 0.3) is 22.2 Å². The van der Waals surface area contributed by atoms with Crippen LogP contribution in [-0.2, 0) is 39.4 Å². The van der Waals surface area contributed by atoms with Gasteiger partial charge in [-0.2, -0.15) is 0 Å². The van der Waals surface area contributed by atoms with Crippen LogP contribution in [0.15, 0.2) is 124 Å². The van der Waals surface area contributed by atoms with Gasteiger partial charge in [-0.3, -0.25) is 14.3 Å². The molecule has 1 aliphatic carbocycles. The number of benzene rings is 4. The molecule has 8 aromatic rings. The summed E-state index contributed by atoms with van der Waals surface area (Å²) in [6, 6.07) is 20.3. The summed E-state index contributed by atoms with van der Waals surface area (Å²) < 4.78 is 73.3. The Hall–Kier alpha value is -6.02. The average molecular weight is 887 g/mol. The summed E-state index contributed by atoms with van der Waals surface area (Å²) in [6.45, 7) is 3.97. The number of ether oxygens (including phenoxy) is 1. The summed E-state index contributed by atoms with van der Waals surface area (Å²) in [6.07, 6.45) is 7.47. The third-order valence-electron chi connectivity index (χ3n) is 10.3. The molecule has 0 unspecified atom stereocenters. The quantitative estimate of drug-likeness (QED) is 0.129. The van der Waals surface area contributed by atoms with Crippen molar-refractivity contribution in [1.29, 1.82) is 0 Å². The van der Waals surface area contributed by atoms with E-state index in [1.165, 1.54) is 81.1 Å². The van der Waals surface area contributed by atoms with Crippen LogP contribution in [0, 0.1) is 6.92 Å². The van der Waals surface area contributed by atoms with Gasteiger partial charge in [0.25, 0.3) is 20.0 Å². The van der Waals surface area contributed by atoms with Crippen LogP contribution < -0.4 is 25.3 Å². The Balaban J connectivity index is 0.000000167. The predicted molar refractivity (Wildman–Crippen MR) is 230 cm³/mol. The smallest absolute Gasteiger partial charge is 0.420 e. The second kappa shape index (κ2) is 16.6. The molecule has 0 bridgehead atoms. The summed E-state index contributed by atoms with van der Waals surface area (Å²) in [5, 5.41) is 4.02. The number of fused-ring (bicyclic) bond motifs is 3. The molecule has 1 atom stereocenters. The first-order valence-electron chi connectivity index (χ1n) is 18.7. The number of aromatic nitrogens is 4. The van der Waals surface area contributed by atoms with Gasteiger partial charge in [0, 0.05) is 35.3 Å². The molecule has 1 aliphatic rings. The number of H-pyrrole nitrogens is 1. The first kappa shape index (κ1) is 40.7. The van der Waals surface area contributed by atoms with Crippen molar-refractivity contribution in [2.24, 2.45) is 0 Å². The fraction of sp³-hybridized carbons (Fsp3) is 0.220. The molecule has 2 N–H and O–H groups in total. The van der Waals surface area contributed by atoms with Gasteiger partial charge in [-0.1, -0.05) is 24.3 Å². The van der Waals surface area contributed by atoms with E-state index in [1.54, 1.807) is 40.8 Å². The van der Waals surface area contributed by atoms with Crippen molar-refractivity contribution in [3.63, 3.8) is 0 Å². The Bertz CT molecular complexity index is 3170. The van der Waals surface area contributed by atoms with Crippen molar-refractivity contribution in [3.8, 4) is 5.75 Å². The number of rotatable bonds is 11. The van der Waals surface area contributed by atoms with E-state index in [0.717, 1.165) is 36.0 Å². The van der Waals surface area contributed by atoms with Gasteiger partial charge in [-0.25, -0.2) is 40.7 Å². The number of hydrogen-bond acceptors (Lipinski definition) is 13. The maximum absolute atomic E-state index is 13.5. The van der Waals surface area contributed by atoms with Crippen LogP contribution in [0.3, 0.4) is 0 Å². The van der Waals surface area contributed by atoms with Gasteiger partial charge in [0.1, 0.15) is 5.75 Å². The predicted octanol–water partition coefficient (Wildman–Crippen LogP) is 7.63. The number of methoxy groups -OCH3 is 1. The SMILES string of the molecule is COc1ccc(CN(c2nccs2)S(=O)(=O)c2ccc3[nH]c(=O)oc3c2)c(C)c1.C[C@H](c1cccc2c1CCCC2)n1c(=O)oc2cc(S(=O)(=O)Nc3nccs3)ccc21. The lowest BCUT2D eigenvalue weighted by Gasteiger charge is -2.23. The molecule has 0 radical (unpaired) electrons. The molecular weight excluding hydrogens is 849 g/mol. The molecule has 0 aliphatic heterocycles. The maximum Gasteiger partial charge on any atom is 0.420 e. The summed E-state index contributed by atoms with van der Waals surface area (Å²) in [7, 11) is -6.22. The minimum Gasteiger partial charge on any atom is -0.497 e. The Morgan fingerprint density at radius 3 is 2.42 bits per heavy atom. The maximum atomic E-state index is 13.5. The van der Waals surface area contributed by atoms with Crippen molar-refractivity contribution >= 4 is 75.2 Å². The van der Waals surface area contributed by atoms with Crippen molar-refractivity contribution < 1.29 is 30.4 Å². The molecular formula is C41H38N6O9S4. The largest absolute Gasteiger partial charge is 0.497 e. The van der Waals surface area contributed by atoms with Gasteiger partial charge in [-0.15, -0.1) is 22.7 Å². The standard InChI is InChI=1S/C22H21N3O4S2.C19H17N3O5S2/c1-14(17-8-4-6-15-5-2-3-7-18(15)17)25-19-10-9-16(13-20(19)29-22(25)26)31(27,28)24-21-23-11-12-30-21;1-12-9-14(26-2)4-3-13(12)11-22(18-20-7-8-28-18)29(24,25)15-5-6-16-17(10-15)27-19(23)21-16/h4,6,8-14H,2-3,5,7H2,1H3,(H,23,24);3-10H,11H2,1-2H3,(H,21,23)/t14-;/m1./s1. The molecule has 4 aromatic heterocycles. The zero-order chi connectivity index (χ0) is 42.2. The second-order valence-corrected chi connectivity index (χ2v) is 19.3. The molecule has 60 heavy (non-hydrogen) atoms. The Kier molecular flexibility index (Phi) is 11.2. The number of aryl methyl sites for hydroxylation is 2. The molecule has 0 spiro atoms. The second-order valence-electron chi connectivity index (χ2n) is 14.0. The van der Waals surface area contributed by atoms with Crippen LogP contribution in [0.4, 0.5) is 10.3 Å². The monoisotopic (exact) mass is 886 g/mol. The molecule has 4 heterocycles. The fourth-order valence-electron chi connectivity index (χ4n) is 7.28. The van der Waals surface area contributed by atoms with E-state index in [1.807, 2.05) is 32.0 Å². The lowest BCUT2D eigenvalue weighted by Crippen LogP contribution is -2.30. The Morgan fingerprint density at radius 2 is 1.67 bits per heavy atom. The Labute approximate surface area is 352 Å². The number of oxazole rings is 2. The molecule has 9 rings (SSSR count). The van der Waals surface area contributed by atoms with E-state index in [0.29, 0.717) is 21.9 Å². The van der Waals surface area contributed by atoms with Crippen molar-refractivity contribution in [2.75, 3.05) is 16.1 Å². The van der Waals surface area contributed by atoms with Crippen molar-refractivity contribution in [1.82, 2.24) is 19.5 Å². The van der Waals surface area contributed by atoms with Crippen molar-refractivity contribution in [2.45, 2.75) is 61.9 Å². The van der Waals surface area contributed by atoms with E-state index < -0.39 is 31.6 Å². The van der Waals surface area contributed by atoms with Crippen molar-refractivity contribution in [3.05, 3.63) is 145 Å². The number of nitrogens with one attached hydrogen (secondary N) is 2. The van der Waals surface area contributed by atoms with Crippen LogP contribution in [0.1, 0.15) is 53.6 Å². The van der Waals surface area contributed by atoms with Crippen LogP contribution in [0.2, 0.25) is 0 Å². The first-order chi connectivity index (χ1) is 28.8. The number of nitrogens with zero attached hydrogens (tertiary/aromatic N) is 4. The highest BCUT2D eigenvalue weighted by atomic mass is 32.2. The average Bonchev–Trinajstić information content (AvgIpc) is 4.07. The van der Waals surface area contributed by atoms with E-state index in [4.69, 9.17) is 13.6 Å². The van der Waals surface area contributed by atoms with Crippen LogP contribution >= 0.6 is 22.7 Å². The van der Waals surface area contributed by atoms with Gasteiger partial charge in [0.05, 0.1) is 40.5 Å². The topological polar surface area (TPSA) is 200 Å². The zero-order valence-electron chi connectivity index (χ0n) is 32.4. The minimum absolute atomic E-state index is 0.00844. The number of hydrogen-bond donors (Lipinski definition) is 2. The minimum atomic E-state index is -3.96. The molecule has 0 saturated carbocycles. The van der Waals surface area contributed by atoms with Gasteiger partial charge in [0.2, 0.25) is 0 Å². The number of aromatic amines is 1. The third-order valence-corrected chi connectivity index (χ3v) is 15.1. The molecule has 15 nitrogen and oxygen atoms in total. The number of anilines is 2. The van der Waals surface area contributed by atoms with Gasteiger partial charge in [-0.05, 0) is 104 Å². The van der Waals surface area contributed by atoms with E-state index in [2.05, 4.69) is 31.8 Å². The van der Waals surface area contributed by atoms with Gasteiger partial charge >= 0.3 is 11.5 Å². The molecule has 0 saturated heterocycles. The normalized spacial score (nSPS) is 13.4. The lowest BCUT2D eigenvalue weighted by atomic mass is 9.86. The molecule has 310 valence electrons. The molecule has 0 fully saturated rings. The van der Waals surface area contributed by atoms with E-state index in [9.17, 15) is 26.4 Å². The summed E-state index contributed by atoms with van der Waals surface area (Å²) in [5.41, 5.74) is 6.91. The zero-order valence-corrected chi connectivity index (χ0v) is 35.7. The highest BCUT2D eigenvalue weighted by molar-refractivity contribution is 7.93. The highest BCUT2D eigenvalue weighted by Gasteiger charge is 2.29. The van der Waals surface area contributed by atoms with Crippen LogP contribution in [-0.4, -0.2) is 43.5 Å². The van der Waals surface area contributed by atoms with Gasteiger partial charge < -0.3 is 13.6 Å².